The largest absolute Gasteiger partial charge is 0.416 e. The minimum Gasteiger partial charge on any atom is -0.223 e. The first-order valence-electron chi connectivity index (χ1n) is 6.56. The van der Waals surface area contributed by atoms with E-state index in [2.05, 4.69) is 0 Å². The van der Waals surface area contributed by atoms with Gasteiger partial charge in [-0.05, 0) is 48.0 Å². The Morgan fingerprint density at radius 1 is 0.800 bits per heavy atom. The second kappa shape index (κ2) is 6.32. The number of sulfone groups is 1. The summed E-state index contributed by atoms with van der Waals surface area (Å²) in [4.78, 5) is -0.599. The first kappa shape index (κ1) is 19.2. The van der Waals surface area contributed by atoms with Crippen molar-refractivity contribution in [3.63, 3.8) is 0 Å². The summed E-state index contributed by atoms with van der Waals surface area (Å²) in [6.45, 7) is 0. The Labute approximate surface area is 137 Å². The molecule has 10 heteroatoms. The molecule has 2 rings (SSSR count). The van der Waals surface area contributed by atoms with Gasteiger partial charge < -0.3 is 0 Å². The predicted molar refractivity (Wildman–Crippen MR) is 73.7 cm³/mol. The number of alkyl halides is 6. The Bertz CT molecular complexity index is 866. The van der Waals surface area contributed by atoms with Crippen molar-refractivity contribution in [1.29, 1.82) is 0 Å². The van der Waals surface area contributed by atoms with Crippen molar-refractivity contribution in [3.8, 4) is 0 Å². The summed E-state index contributed by atoms with van der Waals surface area (Å²) in [6, 6.07) is 3.68. The van der Waals surface area contributed by atoms with Crippen LogP contribution < -0.4 is 0 Å². The summed E-state index contributed by atoms with van der Waals surface area (Å²) in [5.41, 5.74) is -3.26. The molecule has 0 unspecified atom stereocenters. The van der Waals surface area contributed by atoms with E-state index in [0.717, 1.165) is 0 Å². The Balaban J connectivity index is 2.41. The molecule has 0 aliphatic rings. The molecule has 0 fully saturated rings. The predicted octanol–water partition coefficient (Wildman–Crippen LogP) is 4.84. The van der Waals surface area contributed by atoms with Gasteiger partial charge in [0.1, 0.15) is 5.82 Å². The van der Waals surface area contributed by atoms with E-state index in [0.29, 0.717) is 42.5 Å². The number of halogens is 7. The highest BCUT2D eigenvalue weighted by Gasteiger charge is 2.35. The Hall–Kier alpha value is -2.10. The van der Waals surface area contributed by atoms with Gasteiger partial charge in [0.15, 0.2) is 9.84 Å². The van der Waals surface area contributed by atoms with E-state index in [1.807, 2.05) is 0 Å². The van der Waals surface area contributed by atoms with Gasteiger partial charge in [0.2, 0.25) is 0 Å². The van der Waals surface area contributed by atoms with Crippen LogP contribution in [0.25, 0.3) is 0 Å². The number of benzene rings is 2. The molecule has 25 heavy (non-hydrogen) atoms. The molecule has 0 aliphatic carbocycles. The van der Waals surface area contributed by atoms with E-state index in [4.69, 9.17) is 0 Å². The molecule has 2 aromatic carbocycles. The van der Waals surface area contributed by atoms with Crippen LogP contribution >= 0.6 is 0 Å². The normalized spacial score (nSPS) is 13.1. The van der Waals surface area contributed by atoms with Crippen LogP contribution in [0, 0.1) is 5.82 Å². The molecule has 0 N–H and O–H groups in total. The standard InChI is InChI=1S/C15H9F7O2S/c16-11-3-6-13(15(20,21)22)9(7-11)8-25(23,24)12-4-1-10(2-5-12)14(17,18)19/h1-7H,8H2. The summed E-state index contributed by atoms with van der Waals surface area (Å²) >= 11 is 0. The van der Waals surface area contributed by atoms with Gasteiger partial charge in [0.25, 0.3) is 0 Å². The average Bonchev–Trinajstić information content (AvgIpc) is 2.44. The third kappa shape index (κ3) is 4.50. The summed E-state index contributed by atoms with van der Waals surface area (Å²) < 4.78 is 114. The molecule has 0 aromatic heterocycles. The number of hydrogen-bond donors (Lipinski definition) is 0. The highest BCUT2D eigenvalue weighted by molar-refractivity contribution is 7.90. The maximum Gasteiger partial charge on any atom is 0.416 e. The molecule has 0 atom stereocenters. The summed E-state index contributed by atoms with van der Waals surface area (Å²) in [5, 5.41) is 0. The van der Waals surface area contributed by atoms with E-state index >= 15 is 0 Å². The molecule has 136 valence electrons. The van der Waals surface area contributed by atoms with Crippen LogP contribution in [0.5, 0.6) is 0 Å². The van der Waals surface area contributed by atoms with Crippen molar-refractivity contribution in [2.75, 3.05) is 0 Å². The zero-order chi connectivity index (χ0) is 19.0. The fourth-order valence-corrected chi connectivity index (χ4v) is 3.46. The van der Waals surface area contributed by atoms with E-state index in [1.54, 1.807) is 0 Å². The van der Waals surface area contributed by atoms with Crippen LogP contribution in [-0.4, -0.2) is 8.42 Å². The highest BCUT2D eigenvalue weighted by Crippen LogP contribution is 2.34. The van der Waals surface area contributed by atoms with Gasteiger partial charge in [0, 0.05) is 0 Å². The van der Waals surface area contributed by atoms with Crippen LogP contribution in [0.3, 0.4) is 0 Å². The first-order valence-corrected chi connectivity index (χ1v) is 8.21. The van der Waals surface area contributed by atoms with Gasteiger partial charge in [-0.3, -0.25) is 0 Å². The molecule has 0 heterocycles. The zero-order valence-electron chi connectivity index (χ0n) is 12.1. The van der Waals surface area contributed by atoms with E-state index in [1.165, 1.54) is 0 Å². The van der Waals surface area contributed by atoms with Crippen LogP contribution in [-0.2, 0) is 27.9 Å². The van der Waals surface area contributed by atoms with Crippen LogP contribution in [0.4, 0.5) is 30.7 Å². The molecule has 2 nitrogen and oxygen atoms in total. The highest BCUT2D eigenvalue weighted by atomic mass is 32.2. The van der Waals surface area contributed by atoms with Gasteiger partial charge in [-0.15, -0.1) is 0 Å². The average molecular weight is 386 g/mol. The van der Waals surface area contributed by atoms with Crippen molar-refractivity contribution in [3.05, 3.63) is 65.0 Å². The molecule has 0 aliphatic heterocycles. The van der Waals surface area contributed by atoms with E-state index in [9.17, 15) is 39.2 Å². The third-order valence-electron chi connectivity index (χ3n) is 3.26. The number of hydrogen-bond acceptors (Lipinski definition) is 2. The minimum absolute atomic E-state index is 0.410. The lowest BCUT2D eigenvalue weighted by Crippen LogP contribution is -2.14. The second-order valence-corrected chi connectivity index (χ2v) is 7.07. The molecule has 0 bridgehead atoms. The second-order valence-electron chi connectivity index (χ2n) is 5.08. The molecular formula is C15H9F7O2S. The van der Waals surface area contributed by atoms with Gasteiger partial charge in [-0.1, -0.05) is 0 Å². The summed E-state index contributed by atoms with van der Waals surface area (Å²) in [6.07, 6.45) is -9.59. The molecular weight excluding hydrogens is 377 g/mol. The van der Waals surface area contributed by atoms with Gasteiger partial charge in [0.05, 0.1) is 21.8 Å². The van der Waals surface area contributed by atoms with E-state index in [-0.39, 0.29) is 0 Å². The van der Waals surface area contributed by atoms with Gasteiger partial charge in [-0.2, -0.15) is 26.3 Å². The van der Waals surface area contributed by atoms with Crippen molar-refractivity contribution >= 4 is 9.84 Å². The molecule has 2 aromatic rings. The first-order chi connectivity index (χ1) is 11.3. The lowest BCUT2D eigenvalue weighted by molar-refractivity contribution is -0.138. The minimum atomic E-state index is -4.90. The van der Waals surface area contributed by atoms with Crippen molar-refractivity contribution in [1.82, 2.24) is 0 Å². The molecule has 0 spiro atoms. The van der Waals surface area contributed by atoms with Crippen molar-refractivity contribution < 1.29 is 39.2 Å². The lowest BCUT2D eigenvalue weighted by atomic mass is 10.1. The Morgan fingerprint density at radius 2 is 1.36 bits per heavy atom. The molecule has 0 radical (unpaired) electrons. The maximum atomic E-state index is 13.2. The van der Waals surface area contributed by atoms with Crippen LogP contribution in [0.2, 0.25) is 0 Å². The van der Waals surface area contributed by atoms with Crippen molar-refractivity contribution in [2.45, 2.75) is 23.0 Å². The fourth-order valence-electron chi connectivity index (χ4n) is 2.10. The Kier molecular flexibility index (Phi) is 4.86. The topological polar surface area (TPSA) is 34.1 Å². The van der Waals surface area contributed by atoms with Gasteiger partial charge in [-0.25, -0.2) is 12.8 Å². The zero-order valence-corrected chi connectivity index (χ0v) is 12.9. The van der Waals surface area contributed by atoms with E-state index < -0.39 is 55.3 Å². The van der Waals surface area contributed by atoms with Gasteiger partial charge >= 0.3 is 12.4 Å². The lowest BCUT2D eigenvalue weighted by Gasteiger charge is -2.13. The SMILES string of the molecule is O=S(=O)(Cc1cc(F)ccc1C(F)(F)F)c1ccc(C(F)(F)F)cc1. The number of rotatable bonds is 3. The third-order valence-corrected chi connectivity index (χ3v) is 4.94. The monoisotopic (exact) mass is 386 g/mol. The Morgan fingerprint density at radius 3 is 1.84 bits per heavy atom. The maximum absolute atomic E-state index is 13.2. The van der Waals surface area contributed by atoms with Crippen LogP contribution in [0.15, 0.2) is 47.4 Å². The molecule has 0 amide bonds. The summed E-state index contributed by atoms with van der Waals surface area (Å²) in [5.74, 6) is -2.27. The smallest absolute Gasteiger partial charge is 0.223 e. The summed E-state index contributed by atoms with van der Waals surface area (Å²) in [7, 11) is -4.41. The van der Waals surface area contributed by atoms with Crippen LogP contribution in [0.1, 0.15) is 16.7 Å². The quantitative estimate of drug-likeness (QED) is 0.708. The molecule has 0 saturated carbocycles. The van der Waals surface area contributed by atoms with Crippen molar-refractivity contribution in [2.24, 2.45) is 0 Å². The molecule has 0 saturated heterocycles. The fraction of sp³-hybridized carbons (Fsp3) is 0.200.